The van der Waals surface area contributed by atoms with Crippen molar-refractivity contribution in [3.05, 3.63) is 0 Å². The Kier molecular flexibility index (Phi) is 9.55. The van der Waals surface area contributed by atoms with Crippen molar-refractivity contribution < 1.29 is 53.7 Å². The van der Waals surface area contributed by atoms with Gasteiger partial charge in [-0.05, 0) is 82.0 Å². The van der Waals surface area contributed by atoms with E-state index in [1.165, 1.54) is 0 Å². The zero-order valence-corrected chi connectivity index (χ0v) is 21.3. The van der Waals surface area contributed by atoms with Crippen LogP contribution in [0.25, 0.3) is 0 Å². The van der Waals surface area contributed by atoms with Crippen LogP contribution in [-0.2, 0) is 14.2 Å². The van der Waals surface area contributed by atoms with Crippen LogP contribution in [0.1, 0.15) is 71.1 Å². The van der Waals surface area contributed by atoms with E-state index in [9.17, 15) is 22.0 Å². The summed E-state index contributed by atoms with van der Waals surface area (Å²) in [6.45, 7) is 2.56. The summed E-state index contributed by atoms with van der Waals surface area (Å²) in [6.07, 6.45) is -20.1. The normalized spacial score (nSPS) is 45.6. The van der Waals surface area contributed by atoms with Gasteiger partial charge in [-0.25, -0.2) is 17.6 Å². The highest BCUT2D eigenvalue weighted by molar-refractivity contribution is 4.99. The Morgan fingerprint density at radius 3 is 1.61 bits per heavy atom. The van der Waals surface area contributed by atoms with Gasteiger partial charge in [-0.2, -0.15) is 8.78 Å². The molecule has 0 aromatic carbocycles. The van der Waals surface area contributed by atoms with Crippen molar-refractivity contribution in [2.24, 2.45) is 29.6 Å². The minimum Gasteiger partial charge on any atom is -0.378 e. The van der Waals surface area contributed by atoms with Crippen molar-refractivity contribution in [2.75, 3.05) is 6.61 Å². The van der Waals surface area contributed by atoms with Crippen LogP contribution in [0, 0.1) is 29.6 Å². The molecule has 3 saturated carbocycles. The van der Waals surface area contributed by atoms with Gasteiger partial charge in [0.2, 0.25) is 0 Å². The first kappa shape index (κ1) is 30.2. The van der Waals surface area contributed by atoms with E-state index in [2.05, 4.69) is 4.74 Å². The molecule has 0 aromatic heterocycles. The van der Waals surface area contributed by atoms with Crippen molar-refractivity contribution >= 4 is 0 Å². The highest BCUT2D eigenvalue weighted by Crippen LogP contribution is 2.50. The van der Waals surface area contributed by atoms with Gasteiger partial charge in [0.25, 0.3) is 0 Å². The van der Waals surface area contributed by atoms with Crippen molar-refractivity contribution in [3.8, 4) is 0 Å². The monoisotopic (exact) mass is 568 g/mol. The zero-order chi connectivity index (χ0) is 27.8. The summed E-state index contributed by atoms with van der Waals surface area (Å²) in [5.41, 5.74) is 0. The summed E-state index contributed by atoms with van der Waals surface area (Å²) in [5.74, 6) is -4.75. The van der Waals surface area contributed by atoms with E-state index in [1.54, 1.807) is 0 Å². The van der Waals surface area contributed by atoms with Crippen LogP contribution in [-0.4, -0.2) is 62.1 Å². The molecule has 6 unspecified atom stereocenters. The number of hydrogen-bond acceptors (Lipinski definition) is 3. The second-order valence-electron chi connectivity index (χ2n) is 11.8. The van der Waals surface area contributed by atoms with E-state index in [4.69, 9.17) is 9.47 Å². The number of ether oxygens (including phenoxy) is 3. The van der Waals surface area contributed by atoms with E-state index in [1.807, 2.05) is 6.92 Å². The predicted molar refractivity (Wildman–Crippen MR) is 119 cm³/mol. The Hall–Kier alpha value is -0.750. The number of halogens is 9. The lowest BCUT2D eigenvalue weighted by atomic mass is 9.65. The van der Waals surface area contributed by atoms with Gasteiger partial charge in [0.15, 0.2) is 0 Å². The number of alkyl halides is 9. The van der Waals surface area contributed by atoms with Gasteiger partial charge in [-0.15, -0.1) is 13.2 Å². The molecule has 222 valence electrons. The third-order valence-corrected chi connectivity index (χ3v) is 8.97. The SMILES string of the molecule is CC1CCC(C2CC(F)C(C3CC(F)C(C(F)(F)OC4CCC(OC(F)(F)F)CC4)C(F)C3)C(F)C2)OC1. The maximum atomic E-state index is 15.2. The van der Waals surface area contributed by atoms with E-state index < -0.39 is 80.0 Å². The highest BCUT2D eigenvalue weighted by atomic mass is 19.4. The quantitative estimate of drug-likeness (QED) is 0.308. The summed E-state index contributed by atoms with van der Waals surface area (Å²) < 4.78 is 142. The smallest absolute Gasteiger partial charge is 0.378 e. The molecule has 3 nitrogen and oxygen atoms in total. The summed E-state index contributed by atoms with van der Waals surface area (Å²) in [4.78, 5) is 0. The average Bonchev–Trinajstić information content (AvgIpc) is 2.78. The molecule has 6 atom stereocenters. The van der Waals surface area contributed by atoms with Crippen LogP contribution < -0.4 is 0 Å². The molecule has 0 aromatic rings. The Bertz CT molecular complexity index is 729. The van der Waals surface area contributed by atoms with Crippen molar-refractivity contribution in [1.82, 2.24) is 0 Å². The van der Waals surface area contributed by atoms with Gasteiger partial charge >= 0.3 is 12.5 Å². The summed E-state index contributed by atoms with van der Waals surface area (Å²) in [5, 5.41) is 0. The van der Waals surface area contributed by atoms with Crippen LogP contribution in [0.4, 0.5) is 39.5 Å². The molecule has 0 bridgehead atoms. The summed E-state index contributed by atoms with van der Waals surface area (Å²) in [7, 11) is 0. The Balaban J connectivity index is 1.31. The lowest BCUT2D eigenvalue weighted by Crippen LogP contribution is -2.53. The molecule has 1 heterocycles. The molecule has 3 aliphatic carbocycles. The first-order chi connectivity index (χ1) is 17.7. The van der Waals surface area contributed by atoms with Crippen LogP contribution in [0.15, 0.2) is 0 Å². The molecule has 0 N–H and O–H groups in total. The van der Waals surface area contributed by atoms with Gasteiger partial charge in [-0.1, -0.05) is 6.92 Å². The minimum absolute atomic E-state index is 0.0119. The molecular formula is C26H37F9O3. The average molecular weight is 569 g/mol. The maximum absolute atomic E-state index is 15.2. The molecule has 38 heavy (non-hydrogen) atoms. The molecule has 0 spiro atoms. The fourth-order valence-electron chi connectivity index (χ4n) is 7.07. The summed E-state index contributed by atoms with van der Waals surface area (Å²) >= 11 is 0. The van der Waals surface area contributed by atoms with Crippen LogP contribution in [0.3, 0.4) is 0 Å². The Morgan fingerprint density at radius 2 is 1.13 bits per heavy atom. The molecule has 1 saturated heterocycles. The second-order valence-corrected chi connectivity index (χ2v) is 11.8. The second kappa shape index (κ2) is 12.0. The van der Waals surface area contributed by atoms with Crippen LogP contribution in [0.5, 0.6) is 0 Å². The molecule has 4 rings (SSSR count). The molecule has 12 heteroatoms. The maximum Gasteiger partial charge on any atom is 0.522 e. The van der Waals surface area contributed by atoms with E-state index in [0.717, 1.165) is 6.42 Å². The number of rotatable bonds is 6. The molecule has 1 aliphatic heterocycles. The van der Waals surface area contributed by atoms with E-state index in [-0.39, 0.29) is 50.5 Å². The van der Waals surface area contributed by atoms with Gasteiger partial charge < -0.3 is 9.47 Å². The Morgan fingerprint density at radius 1 is 0.632 bits per heavy atom. The predicted octanol–water partition coefficient (Wildman–Crippen LogP) is 7.66. The van der Waals surface area contributed by atoms with Crippen molar-refractivity contribution in [1.29, 1.82) is 0 Å². The molecular weight excluding hydrogens is 531 g/mol. The van der Waals surface area contributed by atoms with E-state index in [0.29, 0.717) is 18.9 Å². The van der Waals surface area contributed by atoms with E-state index >= 15 is 17.6 Å². The largest absolute Gasteiger partial charge is 0.522 e. The molecule has 4 aliphatic rings. The summed E-state index contributed by atoms with van der Waals surface area (Å²) in [6, 6.07) is 0. The van der Waals surface area contributed by atoms with Gasteiger partial charge in [0.1, 0.15) is 30.6 Å². The minimum atomic E-state index is -4.84. The highest BCUT2D eigenvalue weighted by Gasteiger charge is 2.58. The molecule has 0 radical (unpaired) electrons. The van der Waals surface area contributed by atoms with Crippen molar-refractivity contribution in [2.45, 2.75) is 127 Å². The zero-order valence-electron chi connectivity index (χ0n) is 21.3. The first-order valence-corrected chi connectivity index (χ1v) is 13.7. The molecule has 0 amide bonds. The Labute approximate surface area is 217 Å². The molecule has 4 fully saturated rings. The van der Waals surface area contributed by atoms with Gasteiger partial charge in [0, 0.05) is 12.5 Å². The van der Waals surface area contributed by atoms with Crippen LogP contribution >= 0.6 is 0 Å². The third kappa shape index (κ3) is 7.30. The van der Waals surface area contributed by atoms with Crippen LogP contribution in [0.2, 0.25) is 0 Å². The standard InChI is InChI=1S/C26H37F9O3/c1-13-2-7-22(36-12-13)14-8-18(27)23(19(28)9-14)15-10-20(29)24(21(30)11-15)25(31,32)37-16-3-5-17(6-4-16)38-26(33,34)35/h13-24H,2-12H2,1H3. The number of hydrogen-bond donors (Lipinski definition) is 0. The fraction of sp³-hybridized carbons (Fsp3) is 1.00. The van der Waals surface area contributed by atoms with Gasteiger partial charge in [0.05, 0.1) is 18.3 Å². The lowest BCUT2D eigenvalue weighted by molar-refractivity contribution is -0.352. The topological polar surface area (TPSA) is 27.7 Å². The lowest BCUT2D eigenvalue weighted by Gasteiger charge is -2.46. The first-order valence-electron chi connectivity index (χ1n) is 13.7. The van der Waals surface area contributed by atoms with Gasteiger partial charge in [-0.3, -0.25) is 4.74 Å². The van der Waals surface area contributed by atoms with Crippen molar-refractivity contribution in [3.63, 3.8) is 0 Å². The fourth-order valence-corrected chi connectivity index (χ4v) is 7.07. The third-order valence-electron chi connectivity index (χ3n) is 8.97.